The van der Waals surface area contributed by atoms with Crippen LogP contribution in [-0.2, 0) is 10.2 Å². The summed E-state index contributed by atoms with van der Waals surface area (Å²) in [5.41, 5.74) is 1.05. The summed E-state index contributed by atoms with van der Waals surface area (Å²) < 4.78 is 0. The maximum atomic E-state index is 10.8. The molecule has 3 N–H and O–H groups in total. The standard InChI is InChI=1S/C12H14O4/c1-7-4-8(5-9(13)11(7)16)12(2-3-12)6-10(14)15/h4-5,13,16H,2-3,6H2,1H3,(H,14,15). The lowest BCUT2D eigenvalue weighted by atomic mass is 9.91. The van der Waals surface area contributed by atoms with Gasteiger partial charge in [0, 0.05) is 5.41 Å². The first-order valence-electron chi connectivity index (χ1n) is 5.19. The molecule has 16 heavy (non-hydrogen) atoms. The zero-order chi connectivity index (χ0) is 11.9. The second-order valence-electron chi connectivity index (χ2n) is 4.51. The SMILES string of the molecule is Cc1cc(C2(CC(=O)O)CC2)cc(O)c1O. The number of aryl methyl sites for hydroxylation is 1. The third-order valence-corrected chi connectivity index (χ3v) is 3.24. The second-order valence-corrected chi connectivity index (χ2v) is 4.51. The lowest BCUT2D eigenvalue weighted by molar-refractivity contribution is -0.137. The number of carbonyl (C=O) groups is 1. The van der Waals surface area contributed by atoms with E-state index in [2.05, 4.69) is 0 Å². The zero-order valence-corrected chi connectivity index (χ0v) is 9.03. The largest absolute Gasteiger partial charge is 0.504 e. The Hall–Kier alpha value is -1.71. The molecule has 0 aliphatic heterocycles. The Morgan fingerprint density at radius 2 is 2.00 bits per heavy atom. The Morgan fingerprint density at radius 3 is 2.44 bits per heavy atom. The van der Waals surface area contributed by atoms with Gasteiger partial charge in [0.05, 0.1) is 6.42 Å². The molecule has 1 aromatic carbocycles. The molecule has 1 aliphatic carbocycles. The first-order valence-corrected chi connectivity index (χ1v) is 5.19. The van der Waals surface area contributed by atoms with Crippen LogP contribution in [0.2, 0.25) is 0 Å². The van der Waals surface area contributed by atoms with Gasteiger partial charge < -0.3 is 15.3 Å². The molecule has 0 heterocycles. The van der Waals surface area contributed by atoms with Crippen LogP contribution in [0, 0.1) is 6.92 Å². The molecule has 0 radical (unpaired) electrons. The summed E-state index contributed by atoms with van der Waals surface area (Å²) in [4.78, 5) is 10.8. The van der Waals surface area contributed by atoms with Gasteiger partial charge in [-0.1, -0.05) is 6.07 Å². The van der Waals surface area contributed by atoms with E-state index in [9.17, 15) is 15.0 Å². The maximum Gasteiger partial charge on any atom is 0.304 e. The van der Waals surface area contributed by atoms with E-state index in [1.807, 2.05) is 0 Å². The first kappa shape index (κ1) is 10.8. The molecule has 4 nitrogen and oxygen atoms in total. The molecule has 0 bridgehead atoms. The molecule has 0 amide bonds. The van der Waals surface area contributed by atoms with Gasteiger partial charge in [-0.3, -0.25) is 4.79 Å². The average Bonchev–Trinajstić information content (AvgIpc) is 2.93. The Morgan fingerprint density at radius 1 is 1.38 bits per heavy atom. The van der Waals surface area contributed by atoms with Crippen molar-refractivity contribution in [2.24, 2.45) is 0 Å². The highest BCUT2D eigenvalue weighted by molar-refractivity contribution is 5.70. The minimum Gasteiger partial charge on any atom is -0.504 e. The lowest BCUT2D eigenvalue weighted by Crippen LogP contribution is -2.13. The molecule has 0 saturated heterocycles. The van der Waals surface area contributed by atoms with Gasteiger partial charge in [-0.15, -0.1) is 0 Å². The zero-order valence-electron chi connectivity index (χ0n) is 9.03. The molecule has 1 fully saturated rings. The summed E-state index contributed by atoms with van der Waals surface area (Å²) in [7, 11) is 0. The van der Waals surface area contributed by atoms with E-state index in [0.29, 0.717) is 5.56 Å². The summed E-state index contributed by atoms with van der Waals surface area (Å²) in [6.45, 7) is 1.69. The Bertz CT molecular complexity index is 423. The number of rotatable bonds is 3. The van der Waals surface area contributed by atoms with Gasteiger partial charge in [0.2, 0.25) is 0 Å². The molecule has 1 aromatic rings. The lowest BCUT2D eigenvalue weighted by Gasteiger charge is -2.15. The second kappa shape index (κ2) is 3.40. The predicted molar refractivity (Wildman–Crippen MR) is 57.7 cm³/mol. The van der Waals surface area contributed by atoms with Crippen LogP contribution >= 0.6 is 0 Å². The summed E-state index contributed by atoms with van der Waals surface area (Å²) in [6.07, 6.45) is 1.72. The summed E-state index contributed by atoms with van der Waals surface area (Å²) >= 11 is 0. The minimum absolute atomic E-state index is 0.0800. The highest BCUT2D eigenvalue weighted by atomic mass is 16.4. The number of benzene rings is 1. The predicted octanol–water partition coefficient (Wildman–Crippen LogP) is 1.91. The van der Waals surface area contributed by atoms with E-state index in [0.717, 1.165) is 18.4 Å². The van der Waals surface area contributed by atoms with E-state index in [1.165, 1.54) is 6.07 Å². The van der Waals surface area contributed by atoms with Gasteiger partial charge >= 0.3 is 5.97 Å². The van der Waals surface area contributed by atoms with Crippen molar-refractivity contribution in [1.29, 1.82) is 0 Å². The quantitative estimate of drug-likeness (QED) is 0.683. The molecule has 4 heteroatoms. The smallest absolute Gasteiger partial charge is 0.304 e. The fourth-order valence-electron chi connectivity index (χ4n) is 2.08. The van der Waals surface area contributed by atoms with E-state index in [4.69, 9.17) is 5.11 Å². The third-order valence-electron chi connectivity index (χ3n) is 3.24. The van der Waals surface area contributed by atoms with E-state index in [-0.39, 0.29) is 23.3 Å². The fourth-order valence-corrected chi connectivity index (χ4v) is 2.08. The summed E-state index contributed by atoms with van der Waals surface area (Å²) in [5.74, 6) is -1.13. The topological polar surface area (TPSA) is 77.8 Å². The number of hydrogen-bond donors (Lipinski definition) is 3. The number of aromatic hydroxyl groups is 2. The molecule has 0 unspecified atom stereocenters. The number of carboxylic acids is 1. The van der Waals surface area contributed by atoms with Gasteiger partial charge in [-0.05, 0) is 37.0 Å². The molecule has 0 atom stereocenters. The maximum absolute atomic E-state index is 10.8. The monoisotopic (exact) mass is 222 g/mol. The Balaban J connectivity index is 2.38. The highest BCUT2D eigenvalue weighted by Crippen LogP contribution is 2.52. The van der Waals surface area contributed by atoms with Crippen molar-refractivity contribution in [3.8, 4) is 11.5 Å². The normalized spacial score (nSPS) is 17.1. The number of phenols is 2. The fraction of sp³-hybridized carbons (Fsp3) is 0.417. The van der Waals surface area contributed by atoms with Crippen LogP contribution in [0.3, 0.4) is 0 Å². The van der Waals surface area contributed by atoms with Crippen molar-refractivity contribution < 1.29 is 20.1 Å². The summed E-state index contributed by atoms with van der Waals surface area (Å²) in [6, 6.07) is 3.23. The average molecular weight is 222 g/mol. The van der Waals surface area contributed by atoms with Gasteiger partial charge in [-0.25, -0.2) is 0 Å². The molecule has 86 valence electrons. The van der Waals surface area contributed by atoms with Crippen LogP contribution in [0.4, 0.5) is 0 Å². The first-order chi connectivity index (χ1) is 7.44. The molecule has 0 aromatic heterocycles. The van der Waals surface area contributed by atoms with E-state index < -0.39 is 5.97 Å². The third kappa shape index (κ3) is 1.71. The van der Waals surface area contributed by atoms with Crippen LogP contribution in [0.25, 0.3) is 0 Å². The van der Waals surface area contributed by atoms with Crippen molar-refractivity contribution >= 4 is 5.97 Å². The van der Waals surface area contributed by atoms with Crippen molar-refractivity contribution in [3.63, 3.8) is 0 Å². The molecular formula is C12H14O4. The molecule has 0 spiro atoms. The minimum atomic E-state index is -0.831. The van der Waals surface area contributed by atoms with Crippen molar-refractivity contribution in [3.05, 3.63) is 23.3 Å². The molecular weight excluding hydrogens is 208 g/mol. The van der Waals surface area contributed by atoms with Gasteiger partial charge in [0.1, 0.15) is 0 Å². The van der Waals surface area contributed by atoms with E-state index >= 15 is 0 Å². The molecule has 2 rings (SSSR count). The Labute approximate surface area is 93.2 Å². The van der Waals surface area contributed by atoms with Gasteiger partial charge in [0.25, 0.3) is 0 Å². The van der Waals surface area contributed by atoms with Crippen LogP contribution in [0.1, 0.15) is 30.4 Å². The van der Waals surface area contributed by atoms with Crippen LogP contribution in [0.15, 0.2) is 12.1 Å². The van der Waals surface area contributed by atoms with Gasteiger partial charge in [-0.2, -0.15) is 0 Å². The van der Waals surface area contributed by atoms with E-state index in [1.54, 1.807) is 13.0 Å². The van der Waals surface area contributed by atoms with Crippen LogP contribution in [-0.4, -0.2) is 21.3 Å². The molecule has 1 aliphatic rings. The Kier molecular flexibility index (Phi) is 2.30. The van der Waals surface area contributed by atoms with Crippen molar-refractivity contribution in [2.75, 3.05) is 0 Å². The molecule has 1 saturated carbocycles. The van der Waals surface area contributed by atoms with Gasteiger partial charge in [0.15, 0.2) is 11.5 Å². The van der Waals surface area contributed by atoms with Crippen LogP contribution < -0.4 is 0 Å². The number of phenolic OH excluding ortho intramolecular Hbond substituents is 2. The number of hydrogen-bond acceptors (Lipinski definition) is 3. The van der Waals surface area contributed by atoms with Crippen molar-refractivity contribution in [2.45, 2.75) is 31.6 Å². The van der Waals surface area contributed by atoms with Crippen LogP contribution in [0.5, 0.6) is 11.5 Å². The highest BCUT2D eigenvalue weighted by Gasteiger charge is 2.46. The number of carboxylic acid groups (broad SMARTS) is 1. The summed E-state index contributed by atoms with van der Waals surface area (Å²) in [5, 5.41) is 27.8. The van der Waals surface area contributed by atoms with Crippen molar-refractivity contribution in [1.82, 2.24) is 0 Å². The number of aliphatic carboxylic acids is 1.